The van der Waals surface area contributed by atoms with E-state index in [0.29, 0.717) is 16.4 Å². The number of nitriles is 1. The van der Waals surface area contributed by atoms with Crippen molar-refractivity contribution in [3.8, 4) is 17.5 Å². The van der Waals surface area contributed by atoms with Crippen LogP contribution in [0.5, 0.6) is 0 Å². The van der Waals surface area contributed by atoms with E-state index in [-0.39, 0.29) is 11.2 Å². The van der Waals surface area contributed by atoms with Gasteiger partial charge in [-0.15, -0.1) is 10.2 Å². The van der Waals surface area contributed by atoms with E-state index in [1.165, 1.54) is 11.8 Å². The Hall–Kier alpha value is -3.11. The van der Waals surface area contributed by atoms with E-state index in [2.05, 4.69) is 21.6 Å². The fourth-order valence-corrected chi connectivity index (χ4v) is 3.41. The van der Waals surface area contributed by atoms with Crippen LogP contribution in [-0.4, -0.2) is 25.9 Å². The normalized spacial score (nSPS) is 11.6. The molecular weight excluding hydrogens is 358 g/mol. The number of rotatable bonds is 5. The molecule has 0 bridgehead atoms. The molecule has 3 rings (SSSR count). The Morgan fingerprint density at radius 2 is 2.00 bits per heavy atom. The fraction of sp³-hybridized carbons (Fsp3) is 0.200. The summed E-state index contributed by atoms with van der Waals surface area (Å²) >= 11 is 1.34. The number of thioether (sulfide) groups is 1. The molecule has 0 aliphatic rings. The lowest BCUT2D eigenvalue weighted by molar-refractivity contribution is -0.115. The molecule has 3 aromatic rings. The van der Waals surface area contributed by atoms with Gasteiger partial charge in [-0.1, -0.05) is 42.1 Å². The van der Waals surface area contributed by atoms with Crippen LogP contribution < -0.4 is 5.32 Å². The molecule has 0 radical (unpaired) electrons. The van der Waals surface area contributed by atoms with Crippen LogP contribution in [0.3, 0.4) is 0 Å². The zero-order valence-electron chi connectivity index (χ0n) is 15.3. The molecule has 0 saturated carbocycles. The molecule has 1 atom stereocenters. The van der Waals surface area contributed by atoms with Crippen molar-refractivity contribution in [3.05, 3.63) is 59.7 Å². The lowest BCUT2D eigenvalue weighted by Gasteiger charge is -2.12. The number of aryl methyl sites for hydroxylation is 1. The van der Waals surface area contributed by atoms with Crippen LogP contribution in [0.15, 0.2) is 53.7 Å². The van der Waals surface area contributed by atoms with Crippen molar-refractivity contribution in [2.75, 3.05) is 5.32 Å². The van der Waals surface area contributed by atoms with Crippen LogP contribution in [0.4, 0.5) is 5.69 Å². The number of carbonyl (C=O) groups excluding carboxylic acids is 1. The van der Waals surface area contributed by atoms with Gasteiger partial charge in [-0.25, -0.2) is 0 Å². The number of hydrogen-bond donors (Lipinski definition) is 1. The number of carbonyl (C=O) groups is 1. The van der Waals surface area contributed by atoms with E-state index < -0.39 is 0 Å². The Balaban J connectivity index is 1.73. The SMILES string of the molecule is Cc1ccccc1-c1nnc(SC(C)C(=O)Nc2cccc(C#N)c2)n1C. The third kappa shape index (κ3) is 4.18. The van der Waals surface area contributed by atoms with Crippen LogP contribution in [-0.2, 0) is 11.8 Å². The molecule has 0 aliphatic heterocycles. The van der Waals surface area contributed by atoms with Gasteiger partial charge in [0.1, 0.15) is 0 Å². The van der Waals surface area contributed by atoms with Gasteiger partial charge in [0.15, 0.2) is 11.0 Å². The highest BCUT2D eigenvalue weighted by Gasteiger charge is 2.20. The average molecular weight is 377 g/mol. The summed E-state index contributed by atoms with van der Waals surface area (Å²) in [5.41, 5.74) is 3.24. The number of nitrogens with one attached hydrogen (secondary N) is 1. The first kappa shape index (κ1) is 18.7. The first-order valence-electron chi connectivity index (χ1n) is 8.42. The van der Waals surface area contributed by atoms with E-state index in [0.717, 1.165) is 17.0 Å². The Labute approximate surface area is 162 Å². The second-order valence-corrected chi connectivity index (χ2v) is 7.43. The molecule has 1 heterocycles. The van der Waals surface area contributed by atoms with Gasteiger partial charge in [0.25, 0.3) is 0 Å². The summed E-state index contributed by atoms with van der Waals surface area (Å²) in [7, 11) is 1.89. The van der Waals surface area contributed by atoms with Crippen LogP contribution in [0, 0.1) is 18.3 Å². The maximum absolute atomic E-state index is 12.5. The van der Waals surface area contributed by atoms with Crippen molar-refractivity contribution in [1.29, 1.82) is 5.26 Å². The monoisotopic (exact) mass is 377 g/mol. The Bertz CT molecular complexity index is 1020. The summed E-state index contributed by atoms with van der Waals surface area (Å²) in [5, 5.41) is 20.6. The molecule has 1 N–H and O–H groups in total. The molecular formula is C20H19N5OS. The molecule has 0 spiro atoms. The van der Waals surface area contributed by atoms with E-state index in [9.17, 15) is 4.79 Å². The van der Waals surface area contributed by atoms with Gasteiger partial charge in [-0.05, 0) is 37.6 Å². The minimum absolute atomic E-state index is 0.157. The van der Waals surface area contributed by atoms with Gasteiger partial charge in [-0.2, -0.15) is 5.26 Å². The zero-order chi connectivity index (χ0) is 19.4. The van der Waals surface area contributed by atoms with Crippen molar-refractivity contribution in [2.45, 2.75) is 24.3 Å². The Morgan fingerprint density at radius 1 is 1.22 bits per heavy atom. The van der Waals surface area contributed by atoms with Crippen molar-refractivity contribution < 1.29 is 4.79 Å². The maximum atomic E-state index is 12.5. The van der Waals surface area contributed by atoms with E-state index >= 15 is 0 Å². The van der Waals surface area contributed by atoms with Gasteiger partial charge < -0.3 is 9.88 Å². The number of nitrogens with zero attached hydrogens (tertiary/aromatic N) is 4. The highest BCUT2D eigenvalue weighted by atomic mass is 32.2. The Morgan fingerprint density at radius 3 is 2.74 bits per heavy atom. The minimum Gasteiger partial charge on any atom is -0.325 e. The molecule has 6 nitrogen and oxygen atoms in total. The third-order valence-corrected chi connectivity index (χ3v) is 5.27. The predicted molar refractivity (Wildman–Crippen MR) is 106 cm³/mol. The first-order chi connectivity index (χ1) is 13.0. The molecule has 7 heteroatoms. The van der Waals surface area contributed by atoms with Gasteiger partial charge in [0.2, 0.25) is 5.91 Å². The fourth-order valence-electron chi connectivity index (χ4n) is 2.60. The molecule has 1 unspecified atom stereocenters. The quantitative estimate of drug-likeness (QED) is 0.684. The van der Waals surface area contributed by atoms with Crippen LogP contribution in [0.25, 0.3) is 11.4 Å². The standard InChI is InChI=1S/C20H19N5OS/c1-13-7-4-5-10-17(13)18-23-24-20(25(18)3)27-14(2)19(26)22-16-9-6-8-15(11-16)12-21/h4-11,14H,1-3H3,(H,22,26). The number of amides is 1. The summed E-state index contributed by atoms with van der Waals surface area (Å²) in [6.07, 6.45) is 0. The highest BCUT2D eigenvalue weighted by molar-refractivity contribution is 8.00. The topological polar surface area (TPSA) is 83.6 Å². The Kier molecular flexibility index (Phi) is 5.57. The molecule has 1 amide bonds. The average Bonchev–Trinajstić information content (AvgIpc) is 3.02. The lowest BCUT2D eigenvalue weighted by Crippen LogP contribution is -2.22. The lowest BCUT2D eigenvalue weighted by atomic mass is 10.1. The zero-order valence-corrected chi connectivity index (χ0v) is 16.1. The van der Waals surface area contributed by atoms with Crippen molar-refractivity contribution in [2.24, 2.45) is 7.05 Å². The number of aromatic nitrogens is 3. The summed E-state index contributed by atoms with van der Waals surface area (Å²) in [6, 6.07) is 16.9. The van der Waals surface area contributed by atoms with Gasteiger partial charge in [0.05, 0.1) is 16.9 Å². The van der Waals surface area contributed by atoms with Crippen molar-refractivity contribution in [3.63, 3.8) is 0 Å². The predicted octanol–water partition coefficient (Wildman–Crippen LogP) is 3.78. The smallest absolute Gasteiger partial charge is 0.237 e. The second-order valence-electron chi connectivity index (χ2n) is 6.12. The van der Waals surface area contributed by atoms with Crippen molar-refractivity contribution in [1.82, 2.24) is 14.8 Å². The van der Waals surface area contributed by atoms with Gasteiger partial charge >= 0.3 is 0 Å². The van der Waals surface area contributed by atoms with E-state index in [1.807, 2.05) is 49.7 Å². The first-order valence-corrected chi connectivity index (χ1v) is 9.30. The number of hydrogen-bond acceptors (Lipinski definition) is 5. The largest absolute Gasteiger partial charge is 0.325 e. The van der Waals surface area contributed by atoms with E-state index in [4.69, 9.17) is 5.26 Å². The molecule has 1 aromatic heterocycles. The molecule has 27 heavy (non-hydrogen) atoms. The minimum atomic E-state index is -0.372. The number of anilines is 1. The maximum Gasteiger partial charge on any atom is 0.237 e. The molecule has 2 aromatic carbocycles. The van der Waals surface area contributed by atoms with E-state index in [1.54, 1.807) is 24.3 Å². The summed E-state index contributed by atoms with van der Waals surface area (Å²) < 4.78 is 1.90. The summed E-state index contributed by atoms with van der Waals surface area (Å²) in [6.45, 7) is 3.85. The van der Waals surface area contributed by atoms with Gasteiger partial charge in [-0.3, -0.25) is 4.79 Å². The van der Waals surface area contributed by atoms with Crippen LogP contribution in [0.1, 0.15) is 18.1 Å². The summed E-state index contributed by atoms with van der Waals surface area (Å²) in [5.74, 6) is 0.612. The van der Waals surface area contributed by atoms with Crippen LogP contribution >= 0.6 is 11.8 Å². The van der Waals surface area contributed by atoms with Crippen molar-refractivity contribution >= 4 is 23.4 Å². The highest BCUT2D eigenvalue weighted by Crippen LogP contribution is 2.27. The second kappa shape index (κ2) is 8.06. The van der Waals surface area contributed by atoms with Crippen LogP contribution in [0.2, 0.25) is 0 Å². The molecule has 0 fully saturated rings. The molecule has 136 valence electrons. The number of benzene rings is 2. The van der Waals surface area contributed by atoms with Gasteiger partial charge in [0, 0.05) is 18.3 Å². The molecule has 0 saturated heterocycles. The summed E-state index contributed by atoms with van der Waals surface area (Å²) in [4.78, 5) is 12.5. The molecule has 0 aliphatic carbocycles. The third-order valence-electron chi connectivity index (χ3n) is 4.13.